The number of amidine groups is 1. The quantitative estimate of drug-likeness (QED) is 0.868. The Kier molecular flexibility index (Phi) is 3.81. The maximum Gasteiger partial charge on any atom is 0.205 e. The minimum Gasteiger partial charge on any atom is -0.445 e. The molecule has 1 aliphatic rings. The van der Waals surface area contributed by atoms with Crippen LogP contribution in [-0.2, 0) is 0 Å². The third kappa shape index (κ3) is 2.25. The van der Waals surface area contributed by atoms with Gasteiger partial charge < -0.3 is 9.73 Å². The van der Waals surface area contributed by atoms with E-state index in [1.165, 1.54) is 5.56 Å². The van der Waals surface area contributed by atoms with Crippen LogP contribution in [0, 0.1) is 6.92 Å². The van der Waals surface area contributed by atoms with Gasteiger partial charge in [0, 0.05) is 5.56 Å². The Morgan fingerprint density at radius 2 is 1.95 bits per heavy atom. The summed E-state index contributed by atoms with van der Waals surface area (Å²) in [5, 5.41) is 4.27. The molecule has 0 spiro atoms. The molecule has 1 unspecified atom stereocenters. The molecule has 2 aromatic rings. The lowest BCUT2D eigenvalue weighted by Crippen LogP contribution is -2.15. The molecule has 0 aliphatic carbocycles. The third-order valence-electron chi connectivity index (χ3n) is 3.30. The summed E-state index contributed by atoms with van der Waals surface area (Å²) in [5.74, 6) is 1.77. The first kappa shape index (κ1) is 13.6. The number of nitrogens with one attached hydrogen (secondary N) is 1. The second-order valence-corrected chi connectivity index (χ2v) is 6.21. The topological polar surface area (TPSA) is 37.5 Å². The number of fused-ring (bicyclic) bond motifs is 1. The smallest absolute Gasteiger partial charge is 0.205 e. The zero-order valence-corrected chi connectivity index (χ0v) is 13.3. The molecule has 0 bridgehead atoms. The summed E-state index contributed by atoms with van der Waals surface area (Å²) in [6, 6.07) is 10.4. The molecular weight excluding hydrogens is 288 g/mol. The molecule has 1 N–H and O–H groups in total. The fourth-order valence-electron chi connectivity index (χ4n) is 2.43. The summed E-state index contributed by atoms with van der Waals surface area (Å²) in [6.45, 7) is 2.01. The minimum absolute atomic E-state index is 0.0846. The number of aryl methyl sites for hydroxylation is 1. The highest BCUT2D eigenvalue weighted by Gasteiger charge is 2.29. The highest BCUT2D eigenvalue weighted by molar-refractivity contribution is 8.13. The van der Waals surface area contributed by atoms with Crippen molar-refractivity contribution in [2.45, 2.75) is 12.3 Å². The fourth-order valence-corrected chi connectivity index (χ4v) is 3.57. The Morgan fingerprint density at radius 1 is 1.20 bits per heavy atom. The van der Waals surface area contributed by atoms with Crippen molar-refractivity contribution in [2.24, 2.45) is 4.99 Å². The number of furan rings is 1. The Bertz CT molecular complexity index is 649. The third-order valence-corrected chi connectivity index (χ3v) is 4.68. The molecule has 1 aromatic carbocycles. The van der Waals surface area contributed by atoms with Gasteiger partial charge in [0.2, 0.25) is 5.88 Å². The molecule has 1 aromatic heterocycles. The van der Waals surface area contributed by atoms with Gasteiger partial charge in [-0.1, -0.05) is 42.1 Å². The van der Waals surface area contributed by atoms with Crippen LogP contribution in [0.2, 0.25) is 0 Å². The number of nitrogens with zero attached hydrogens (tertiary/aromatic N) is 1. The molecule has 0 amide bonds. The molecule has 0 saturated carbocycles. The van der Waals surface area contributed by atoms with E-state index in [9.17, 15) is 0 Å². The van der Waals surface area contributed by atoms with Crippen LogP contribution in [0.25, 0.3) is 11.1 Å². The van der Waals surface area contributed by atoms with Gasteiger partial charge in [-0.15, -0.1) is 11.8 Å². The van der Waals surface area contributed by atoms with Crippen molar-refractivity contribution >= 4 is 34.6 Å². The van der Waals surface area contributed by atoms with Gasteiger partial charge >= 0.3 is 0 Å². The van der Waals surface area contributed by atoms with Crippen LogP contribution >= 0.6 is 23.5 Å². The summed E-state index contributed by atoms with van der Waals surface area (Å²) >= 11 is 3.33. The number of benzene rings is 1. The molecule has 104 valence electrons. The Morgan fingerprint density at radius 3 is 2.60 bits per heavy atom. The fraction of sp³-hybridized carbons (Fsp3) is 0.267. The number of hydrogen-bond donors (Lipinski definition) is 1. The van der Waals surface area contributed by atoms with E-state index in [2.05, 4.69) is 35.8 Å². The molecule has 5 heteroatoms. The maximum absolute atomic E-state index is 5.94. The summed E-state index contributed by atoms with van der Waals surface area (Å²) in [6.07, 6.45) is 4.10. The van der Waals surface area contributed by atoms with Gasteiger partial charge in [-0.05, 0) is 25.0 Å². The van der Waals surface area contributed by atoms with Crippen molar-refractivity contribution < 1.29 is 4.42 Å². The average molecular weight is 304 g/mol. The molecule has 2 heterocycles. The van der Waals surface area contributed by atoms with Crippen molar-refractivity contribution in [1.29, 1.82) is 0 Å². The number of rotatable bonds is 2. The van der Waals surface area contributed by atoms with Crippen LogP contribution in [-0.4, -0.2) is 17.7 Å². The molecule has 1 aliphatic heterocycles. The number of aliphatic imine (C=N–C) groups is 1. The van der Waals surface area contributed by atoms with Gasteiger partial charge in [0.1, 0.15) is 11.1 Å². The molecule has 0 saturated heterocycles. The lowest BCUT2D eigenvalue weighted by molar-refractivity contribution is 0.550. The Hall–Kier alpha value is -1.33. The van der Waals surface area contributed by atoms with Crippen LogP contribution in [0.1, 0.15) is 16.7 Å². The highest BCUT2D eigenvalue weighted by atomic mass is 32.2. The summed E-state index contributed by atoms with van der Waals surface area (Å²) < 4.78 is 5.94. The SMILES string of the molecule is CSC1=NC(SC)c2c(oc(C)c2-c2ccccc2)N1. The standard InChI is InChI=1S/C15H16N2OS2/c1-9-11(10-7-5-4-6-8-10)12-13(18-9)16-15(20-3)17-14(12)19-2/h4-8,14H,1-3H3,(H,16,17). The molecule has 0 fully saturated rings. The molecule has 1 atom stereocenters. The number of hydrogen-bond acceptors (Lipinski definition) is 5. The second kappa shape index (κ2) is 5.58. The highest BCUT2D eigenvalue weighted by Crippen LogP contribution is 2.46. The van der Waals surface area contributed by atoms with Crippen molar-refractivity contribution in [3.8, 4) is 11.1 Å². The number of anilines is 1. The van der Waals surface area contributed by atoms with Crippen molar-refractivity contribution in [2.75, 3.05) is 17.8 Å². The van der Waals surface area contributed by atoms with E-state index in [4.69, 9.17) is 9.41 Å². The van der Waals surface area contributed by atoms with Crippen molar-refractivity contribution in [3.05, 3.63) is 41.7 Å². The van der Waals surface area contributed by atoms with E-state index in [0.29, 0.717) is 0 Å². The average Bonchev–Trinajstić information content (AvgIpc) is 2.82. The summed E-state index contributed by atoms with van der Waals surface area (Å²) in [5.41, 5.74) is 3.49. The molecule has 3 rings (SSSR count). The van der Waals surface area contributed by atoms with E-state index in [0.717, 1.165) is 27.9 Å². The van der Waals surface area contributed by atoms with Crippen LogP contribution < -0.4 is 5.32 Å². The van der Waals surface area contributed by atoms with Gasteiger partial charge in [-0.25, -0.2) is 4.99 Å². The zero-order valence-electron chi connectivity index (χ0n) is 11.6. The first-order valence-corrected chi connectivity index (χ1v) is 8.86. The molecule has 3 nitrogen and oxygen atoms in total. The van der Waals surface area contributed by atoms with Crippen molar-refractivity contribution in [3.63, 3.8) is 0 Å². The van der Waals surface area contributed by atoms with Crippen molar-refractivity contribution in [1.82, 2.24) is 0 Å². The van der Waals surface area contributed by atoms with Gasteiger partial charge in [-0.3, -0.25) is 0 Å². The minimum atomic E-state index is 0.0846. The van der Waals surface area contributed by atoms with Crippen LogP contribution in [0.15, 0.2) is 39.7 Å². The molecule has 20 heavy (non-hydrogen) atoms. The van der Waals surface area contributed by atoms with E-state index >= 15 is 0 Å². The first-order chi connectivity index (χ1) is 9.74. The number of thioether (sulfide) groups is 2. The monoisotopic (exact) mass is 304 g/mol. The van der Waals surface area contributed by atoms with E-state index in [1.54, 1.807) is 23.5 Å². The zero-order chi connectivity index (χ0) is 14.1. The van der Waals surface area contributed by atoms with Gasteiger partial charge in [0.15, 0.2) is 5.17 Å². The van der Waals surface area contributed by atoms with Gasteiger partial charge in [0.25, 0.3) is 0 Å². The second-order valence-electron chi connectivity index (χ2n) is 4.49. The lowest BCUT2D eigenvalue weighted by Gasteiger charge is -2.20. The largest absolute Gasteiger partial charge is 0.445 e. The first-order valence-electron chi connectivity index (χ1n) is 6.35. The normalized spacial score (nSPS) is 17.4. The van der Waals surface area contributed by atoms with Gasteiger partial charge in [0.05, 0.1) is 5.56 Å². The molecule has 0 radical (unpaired) electrons. The van der Waals surface area contributed by atoms with E-state index in [-0.39, 0.29) is 5.37 Å². The Labute approximate surface area is 127 Å². The van der Waals surface area contributed by atoms with Crippen LogP contribution in [0.5, 0.6) is 0 Å². The predicted octanol–water partition coefficient (Wildman–Crippen LogP) is 4.76. The van der Waals surface area contributed by atoms with Crippen LogP contribution in [0.3, 0.4) is 0 Å². The predicted molar refractivity (Wildman–Crippen MR) is 89.7 cm³/mol. The Balaban J connectivity index is 2.16. The maximum atomic E-state index is 5.94. The summed E-state index contributed by atoms with van der Waals surface area (Å²) in [7, 11) is 0. The lowest BCUT2D eigenvalue weighted by atomic mass is 10.0. The summed E-state index contributed by atoms with van der Waals surface area (Å²) in [4.78, 5) is 4.73. The van der Waals surface area contributed by atoms with E-state index < -0.39 is 0 Å². The molecular formula is C15H16N2OS2. The van der Waals surface area contributed by atoms with Crippen LogP contribution in [0.4, 0.5) is 5.88 Å². The van der Waals surface area contributed by atoms with E-state index in [1.807, 2.05) is 19.2 Å². The van der Waals surface area contributed by atoms with Gasteiger partial charge in [-0.2, -0.15) is 0 Å².